The normalized spacial score (nSPS) is 12.0. The van der Waals surface area contributed by atoms with Crippen LogP contribution in [0.2, 0.25) is 0 Å². The maximum absolute atomic E-state index is 13.1. The first-order valence-electron chi connectivity index (χ1n) is 9.56. The van der Waals surface area contributed by atoms with Crippen LogP contribution in [-0.2, 0) is 11.3 Å². The second-order valence-corrected chi connectivity index (χ2v) is 7.07. The molecule has 1 unspecified atom stereocenters. The van der Waals surface area contributed by atoms with Crippen molar-refractivity contribution < 1.29 is 9.53 Å². The SMILES string of the molecule is CCC(C)n1c(=O)c2ccccc2n(CC(=O)Nc2cc(C)ccc2OC)c1=O. The number of amides is 1. The van der Waals surface area contributed by atoms with Crippen molar-refractivity contribution in [3.63, 3.8) is 0 Å². The number of para-hydroxylation sites is 1. The van der Waals surface area contributed by atoms with Crippen LogP contribution in [0, 0.1) is 6.92 Å². The number of aryl methyl sites for hydroxylation is 1. The number of hydrogen-bond donors (Lipinski definition) is 1. The van der Waals surface area contributed by atoms with Crippen molar-refractivity contribution in [3.05, 3.63) is 68.9 Å². The van der Waals surface area contributed by atoms with Crippen LogP contribution in [0.4, 0.5) is 5.69 Å². The molecule has 0 fully saturated rings. The van der Waals surface area contributed by atoms with Gasteiger partial charge in [-0.1, -0.05) is 25.1 Å². The molecule has 3 rings (SSSR count). The number of methoxy groups -OCH3 is 1. The number of anilines is 1. The standard InChI is InChI=1S/C22H25N3O4/c1-5-15(3)25-21(27)16-8-6-7-9-18(16)24(22(25)28)13-20(26)23-17-12-14(2)10-11-19(17)29-4/h6-12,15H,5,13H2,1-4H3,(H,23,26). The predicted molar refractivity (Wildman–Crippen MR) is 114 cm³/mol. The predicted octanol–water partition coefficient (Wildman–Crippen LogP) is 3.09. The highest BCUT2D eigenvalue weighted by Gasteiger charge is 2.18. The van der Waals surface area contributed by atoms with Crippen molar-refractivity contribution in [2.75, 3.05) is 12.4 Å². The van der Waals surface area contributed by atoms with Gasteiger partial charge in [-0.15, -0.1) is 0 Å². The summed E-state index contributed by atoms with van der Waals surface area (Å²) in [5, 5.41) is 3.22. The molecule has 3 aromatic rings. The number of aromatic nitrogens is 2. The number of nitrogens with zero attached hydrogens (tertiary/aromatic N) is 2. The largest absolute Gasteiger partial charge is 0.495 e. The minimum Gasteiger partial charge on any atom is -0.495 e. The molecule has 29 heavy (non-hydrogen) atoms. The Morgan fingerprint density at radius 2 is 1.90 bits per heavy atom. The Morgan fingerprint density at radius 1 is 1.17 bits per heavy atom. The molecule has 0 spiro atoms. The zero-order valence-electron chi connectivity index (χ0n) is 17.1. The van der Waals surface area contributed by atoms with Gasteiger partial charge >= 0.3 is 5.69 Å². The summed E-state index contributed by atoms with van der Waals surface area (Å²) in [6, 6.07) is 12.0. The summed E-state index contributed by atoms with van der Waals surface area (Å²) in [6.45, 7) is 5.43. The fraction of sp³-hybridized carbons (Fsp3) is 0.318. The Hall–Kier alpha value is -3.35. The number of carbonyl (C=O) groups excluding carboxylic acids is 1. The van der Waals surface area contributed by atoms with Crippen molar-refractivity contribution in [1.29, 1.82) is 0 Å². The van der Waals surface area contributed by atoms with Gasteiger partial charge in [0.2, 0.25) is 5.91 Å². The number of carbonyl (C=O) groups is 1. The summed E-state index contributed by atoms with van der Waals surface area (Å²) in [6.07, 6.45) is 0.625. The fourth-order valence-electron chi connectivity index (χ4n) is 3.32. The quantitative estimate of drug-likeness (QED) is 0.695. The summed E-state index contributed by atoms with van der Waals surface area (Å²) < 4.78 is 7.87. The summed E-state index contributed by atoms with van der Waals surface area (Å²) in [7, 11) is 1.53. The van der Waals surface area contributed by atoms with E-state index in [1.54, 1.807) is 36.4 Å². The first kappa shape index (κ1) is 20.4. The van der Waals surface area contributed by atoms with Gasteiger partial charge in [-0.25, -0.2) is 4.79 Å². The van der Waals surface area contributed by atoms with E-state index in [1.165, 1.54) is 16.2 Å². The molecular formula is C22H25N3O4. The second kappa shape index (κ2) is 8.34. The van der Waals surface area contributed by atoms with Crippen molar-refractivity contribution in [3.8, 4) is 5.75 Å². The van der Waals surface area contributed by atoms with Gasteiger partial charge in [0, 0.05) is 6.04 Å². The highest BCUT2D eigenvalue weighted by atomic mass is 16.5. The van der Waals surface area contributed by atoms with E-state index in [1.807, 2.05) is 26.8 Å². The van der Waals surface area contributed by atoms with E-state index in [9.17, 15) is 14.4 Å². The number of hydrogen-bond acceptors (Lipinski definition) is 4. The van der Waals surface area contributed by atoms with Gasteiger partial charge in [0.15, 0.2) is 0 Å². The Labute approximate surface area is 168 Å². The zero-order valence-corrected chi connectivity index (χ0v) is 17.1. The highest BCUT2D eigenvalue weighted by Crippen LogP contribution is 2.25. The third-order valence-electron chi connectivity index (χ3n) is 5.04. The van der Waals surface area contributed by atoms with E-state index in [0.29, 0.717) is 28.8 Å². The molecule has 1 N–H and O–H groups in total. The molecule has 0 saturated carbocycles. The average molecular weight is 395 g/mol. The van der Waals surface area contributed by atoms with Gasteiger partial charge in [-0.05, 0) is 50.1 Å². The van der Waals surface area contributed by atoms with E-state index in [4.69, 9.17) is 4.74 Å². The monoisotopic (exact) mass is 395 g/mol. The molecule has 0 saturated heterocycles. The first-order valence-corrected chi connectivity index (χ1v) is 9.56. The molecule has 152 valence electrons. The summed E-state index contributed by atoms with van der Waals surface area (Å²) in [5.74, 6) is 0.154. The van der Waals surface area contributed by atoms with E-state index in [0.717, 1.165) is 5.56 Å². The lowest BCUT2D eigenvalue weighted by atomic mass is 10.2. The molecule has 1 atom stereocenters. The zero-order chi connectivity index (χ0) is 21.1. The van der Waals surface area contributed by atoms with E-state index in [2.05, 4.69) is 5.32 Å². The Balaban J connectivity index is 2.06. The molecule has 0 aliphatic heterocycles. The number of fused-ring (bicyclic) bond motifs is 1. The lowest BCUT2D eigenvalue weighted by Gasteiger charge is -2.18. The van der Waals surface area contributed by atoms with Crippen LogP contribution >= 0.6 is 0 Å². The lowest BCUT2D eigenvalue weighted by Crippen LogP contribution is -2.43. The van der Waals surface area contributed by atoms with E-state index < -0.39 is 5.69 Å². The summed E-state index contributed by atoms with van der Waals surface area (Å²) in [5.41, 5.74) is 1.11. The van der Waals surface area contributed by atoms with Crippen LogP contribution in [0.3, 0.4) is 0 Å². The number of ether oxygens (including phenoxy) is 1. The van der Waals surface area contributed by atoms with Crippen molar-refractivity contribution >= 4 is 22.5 Å². The smallest absolute Gasteiger partial charge is 0.332 e. The second-order valence-electron chi connectivity index (χ2n) is 7.07. The number of nitrogens with one attached hydrogen (secondary N) is 1. The van der Waals surface area contributed by atoms with Crippen molar-refractivity contribution in [2.45, 2.75) is 39.8 Å². The molecule has 0 aliphatic rings. The Morgan fingerprint density at radius 3 is 2.59 bits per heavy atom. The fourth-order valence-corrected chi connectivity index (χ4v) is 3.32. The van der Waals surface area contributed by atoms with Gasteiger partial charge in [-0.3, -0.25) is 18.7 Å². The summed E-state index contributed by atoms with van der Waals surface area (Å²) in [4.78, 5) is 38.7. The van der Waals surface area contributed by atoms with Crippen molar-refractivity contribution in [2.24, 2.45) is 0 Å². The molecule has 0 aliphatic carbocycles. The van der Waals surface area contributed by atoms with Crippen LogP contribution < -0.4 is 21.3 Å². The summed E-state index contributed by atoms with van der Waals surface area (Å²) >= 11 is 0. The molecule has 1 heterocycles. The van der Waals surface area contributed by atoms with Crippen molar-refractivity contribution in [1.82, 2.24) is 9.13 Å². The maximum Gasteiger partial charge on any atom is 0.332 e. The van der Waals surface area contributed by atoms with Gasteiger partial charge in [0.05, 0.1) is 23.7 Å². The lowest BCUT2D eigenvalue weighted by molar-refractivity contribution is -0.116. The third kappa shape index (κ3) is 3.94. The maximum atomic E-state index is 13.1. The van der Waals surface area contributed by atoms with E-state index in [-0.39, 0.29) is 24.1 Å². The molecule has 0 radical (unpaired) electrons. The Kier molecular flexibility index (Phi) is 5.87. The number of rotatable bonds is 6. The van der Waals surface area contributed by atoms with Crippen LogP contribution in [0.25, 0.3) is 10.9 Å². The average Bonchev–Trinajstić information content (AvgIpc) is 2.71. The van der Waals surface area contributed by atoms with Crippen LogP contribution in [0.5, 0.6) is 5.75 Å². The van der Waals surface area contributed by atoms with Gasteiger partial charge in [-0.2, -0.15) is 0 Å². The molecular weight excluding hydrogens is 370 g/mol. The molecule has 7 nitrogen and oxygen atoms in total. The Bertz CT molecular complexity index is 1180. The topological polar surface area (TPSA) is 82.3 Å². The minimum atomic E-state index is -0.491. The van der Waals surface area contributed by atoms with E-state index >= 15 is 0 Å². The van der Waals surface area contributed by atoms with Gasteiger partial charge in [0.1, 0.15) is 12.3 Å². The van der Waals surface area contributed by atoms with Gasteiger partial charge < -0.3 is 10.1 Å². The molecule has 2 aromatic carbocycles. The molecule has 7 heteroatoms. The number of benzene rings is 2. The van der Waals surface area contributed by atoms with Gasteiger partial charge in [0.25, 0.3) is 5.56 Å². The third-order valence-corrected chi connectivity index (χ3v) is 5.04. The first-order chi connectivity index (χ1) is 13.9. The minimum absolute atomic E-state index is 0.215. The molecule has 1 amide bonds. The highest BCUT2D eigenvalue weighted by molar-refractivity contribution is 5.93. The molecule has 0 bridgehead atoms. The molecule has 1 aromatic heterocycles. The van der Waals surface area contributed by atoms with Crippen LogP contribution in [0.1, 0.15) is 31.9 Å². The van der Waals surface area contributed by atoms with Crippen LogP contribution in [-0.4, -0.2) is 22.2 Å². The van der Waals surface area contributed by atoms with Crippen LogP contribution in [0.15, 0.2) is 52.1 Å².